The molecule has 19 heavy (non-hydrogen) atoms. The zero-order valence-corrected chi connectivity index (χ0v) is 11.6. The van der Waals surface area contributed by atoms with Gasteiger partial charge in [0.25, 0.3) is 0 Å². The number of carbonyl (C=O) groups is 2. The molecule has 2 heterocycles. The average Bonchev–Trinajstić information content (AvgIpc) is 3.07. The van der Waals surface area contributed by atoms with Crippen molar-refractivity contribution in [3.8, 4) is 0 Å². The van der Waals surface area contributed by atoms with Gasteiger partial charge in [0.05, 0.1) is 7.11 Å². The molecule has 3 atom stereocenters. The van der Waals surface area contributed by atoms with Gasteiger partial charge in [-0.05, 0) is 44.4 Å². The van der Waals surface area contributed by atoms with Crippen molar-refractivity contribution in [2.75, 3.05) is 7.11 Å². The summed E-state index contributed by atoms with van der Waals surface area (Å²) >= 11 is 0. The largest absolute Gasteiger partial charge is 0.467 e. The number of methoxy groups -OCH3 is 1. The minimum Gasteiger partial charge on any atom is -0.467 e. The Labute approximate surface area is 114 Å². The van der Waals surface area contributed by atoms with Gasteiger partial charge in [0.2, 0.25) is 5.91 Å². The van der Waals surface area contributed by atoms with Crippen molar-refractivity contribution in [3.05, 3.63) is 0 Å². The highest BCUT2D eigenvalue weighted by Gasteiger charge is 2.48. The maximum absolute atomic E-state index is 12.7. The average molecular weight is 265 g/mol. The molecule has 1 amide bonds. The molecule has 3 rings (SSSR count). The van der Waals surface area contributed by atoms with E-state index in [1.54, 1.807) is 0 Å². The molecule has 0 aromatic heterocycles. The van der Waals surface area contributed by atoms with Crippen LogP contribution in [0.3, 0.4) is 0 Å². The Morgan fingerprint density at radius 3 is 2.47 bits per heavy atom. The number of esters is 1. The predicted molar refractivity (Wildman–Crippen MR) is 70.4 cm³/mol. The Morgan fingerprint density at radius 2 is 1.79 bits per heavy atom. The van der Waals surface area contributed by atoms with Crippen LogP contribution in [0.2, 0.25) is 0 Å². The normalized spacial score (nSPS) is 35.5. The van der Waals surface area contributed by atoms with E-state index in [1.165, 1.54) is 32.8 Å². The second-order valence-corrected chi connectivity index (χ2v) is 6.24. The molecule has 0 unspecified atom stereocenters. The summed E-state index contributed by atoms with van der Waals surface area (Å²) in [5.41, 5.74) is 0. The molecular weight excluding hydrogens is 242 g/mol. The molecule has 3 aliphatic rings. The smallest absolute Gasteiger partial charge is 0.328 e. The first-order valence-electron chi connectivity index (χ1n) is 7.62. The van der Waals surface area contributed by atoms with E-state index in [9.17, 15) is 9.59 Å². The molecule has 0 bridgehead atoms. The number of nitrogens with zero attached hydrogens (tertiary/aromatic N) is 1. The highest BCUT2D eigenvalue weighted by Crippen LogP contribution is 2.42. The lowest BCUT2D eigenvalue weighted by Gasteiger charge is -2.39. The van der Waals surface area contributed by atoms with Crippen LogP contribution in [0.5, 0.6) is 0 Å². The number of piperidine rings is 1. The highest BCUT2D eigenvalue weighted by molar-refractivity contribution is 5.87. The van der Waals surface area contributed by atoms with Gasteiger partial charge in [-0.1, -0.05) is 12.8 Å². The monoisotopic (exact) mass is 265 g/mol. The lowest BCUT2D eigenvalue weighted by atomic mass is 9.81. The van der Waals surface area contributed by atoms with Crippen molar-refractivity contribution >= 4 is 11.9 Å². The summed E-state index contributed by atoms with van der Waals surface area (Å²) in [6.07, 6.45) is 8.74. The Balaban J connectivity index is 1.76. The fraction of sp³-hybridized carbons (Fsp3) is 0.867. The second-order valence-electron chi connectivity index (χ2n) is 6.24. The van der Waals surface area contributed by atoms with Gasteiger partial charge < -0.3 is 9.64 Å². The Bertz CT molecular complexity index is 376. The minimum absolute atomic E-state index is 0.170. The number of ether oxygens (including phenoxy) is 1. The topological polar surface area (TPSA) is 46.6 Å². The third-order valence-corrected chi connectivity index (χ3v) is 5.33. The Morgan fingerprint density at radius 1 is 1.11 bits per heavy atom. The van der Waals surface area contributed by atoms with E-state index < -0.39 is 0 Å². The first kappa shape index (κ1) is 12.9. The third kappa shape index (κ3) is 2.15. The Hall–Kier alpha value is -1.06. The fourth-order valence-electron chi connectivity index (χ4n) is 4.35. The summed E-state index contributed by atoms with van der Waals surface area (Å²) in [5, 5.41) is 0. The van der Waals surface area contributed by atoms with Crippen LogP contribution in [0.4, 0.5) is 0 Å². The van der Waals surface area contributed by atoms with Crippen LogP contribution in [-0.2, 0) is 14.3 Å². The van der Waals surface area contributed by atoms with Crippen LogP contribution >= 0.6 is 0 Å². The zero-order chi connectivity index (χ0) is 13.4. The number of carbonyl (C=O) groups excluding carboxylic acids is 2. The molecule has 1 aliphatic carbocycles. The lowest BCUT2D eigenvalue weighted by Crippen LogP contribution is -2.52. The van der Waals surface area contributed by atoms with Crippen molar-refractivity contribution in [2.24, 2.45) is 11.8 Å². The summed E-state index contributed by atoms with van der Waals surface area (Å²) in [5.74, 6) is 0.732. The maximum atomic E-state index is 12.7. The van der Waals surface area contributed by atoms with E-state index >= 15 is 0 Å². The van der Waals surface area contributed by atoms with Crippen LogP contribution in [-0.4, -0.2) is 36.0 Å². The molecule has 0 aromatic rings. The predicted octanol–water partition coefficient (Wildman–Crippen LogP) is 2.12. The fourth-order valence-corrected chi connectivity index (χ4v) is 4.35. The first-order valence-corrected chi connectivity index (χ1v) is 7.62. The van der Waals surface area contributed by atoms with Crippen LogP contribution in [0, 0.1) is 11.8 Å². The van der Waals surface area contributed by atoms with E-state index in [4.69, 9.17) is 4.74 Å². The van der Waals surface area contributed by atoms with Crippen LogP contribution < -0.4 is 0 Å². The van der Waals surface area contributed by atoms with Gasteiger partial charge >= 0.3 is 5.97 Å². The lowest BCUT2D eigenvalue weighted by molar-refractivity contribution is -0.157. The first-order chi connectivity index (χ1) is 9.22. The summed E-state index contributed by atoms with van der Waals surface area (Å²) in [7, 11) is 1.42. The minimum atomic E-state index is -0.313. The number of fused-ring (bicyclic) bond motifs is 1. The van der Waals surface area contributed by atoms with E-state index in [1.807, 2.05) is 4.90 Å². The van der Waals surface area contributed by atoms with Gasteiger partial charge in [0.1, 0.15) is 6.04 Å². The standard InChI is InChI=1S/C15H23NO3/c1-19-15(18)13-9-7-11-6-8-12(14(17)16(11)13)10-4-2-3-5-10/h10-13H,2-9H2,1H3/t11-,12+,13-/m0/s1. The molecular formula is C15H23NO3. The number of hydrogen-bond acceptors (Lipinski definition) is 3. The quantitative estimate of drug-likeness (QED) is 0.718. The molecule has 2 aliphatic heterocycles. The summed E-state index contributed by atoms with van der Waals surface area (Å²) in [6, 6.07) is -0.0269. The number of hydrogen-bond donors (Lipinski definition) is 0. The van der Waals surface area contributed by atoms with Gasteiger partial charge in [0, 0.05) is 12.0 Å². The third-order valence-electron chi connectivity index (χ3n) is 5.33. The molecule has 0 radical (unpaired) electrons. The van der Waals surface area contributed by atoms with Crippen molar-refractivity contribution in [2.45, 2.75) is 63.5 Å². The summed E-state index contributed by atoms with van der Waals surface area (Å²) < 4.78 is 4.86. The van der Waals surface area contributed by atoms with Gasteiger partial charge in [-0.2, -0.15) is 0 Å². The van der Waals surface area contributed by atoms with Crippen LogP contribution in [0.25, 0.3) is 0 Å². The molecule has 3 fully saturated rings. The molecule has 106 valence electrons. The maximum Gasteiger partial charge on any atom is 0.328 e. The summed E-state index contributed by atoms with van der Waals surface area (Å²) in [4.78, 5) is 26.4. The molecule has 2 saturated heterocycles. The van der Waals surface area contributed by atoms with Gasteiger partial charge in [0.15, 0.2) is 0 Å². The van der Waals surface area contributed by atoms with E-state index in [2.05, 4.69) is 0 Å². The number of amides is 1. The SMILES string of the molecule is COC(=O)[C@@H]1CC[C@@H]2CC[C@H](C3CCCC3)C(=O)N21. The van der Waals surface area contributed by atoms with Crippen molar-refractivity contribution < 1.29 is 14.3 Å². The second kappa shape index (κ2) is 5.14. The van der Waals surface area contributed by atoms with Crippen molar-refractivity contribution in [1.82, 2.24) is 4.90 Å². The van der Waals surface area contributed by atoms with E-state index in [0.29, 0.717) is 5.92 Å². The van der Waals surface area contributed by atoms with Crippen molar-refractivity contribution in [3.63, 3.8) is 0 Å². The van der Waals surface area contributed by atoms with Crippen LogP contribution in [0.15, 0.2) is 0 Å². The van der Waals surface area contributed by atoms with E-state index in [-0.39, 0.29) is 29.9 Å². The Kier molecular flexibility index (Phi) is 3.50. The van der Waals surface area contributed by atoms with Gasteiger partial charge in [-0.15, -0.1) is 0 Å². The molecule has 0 spiro atoms. The van der Waals surface area contributed by atoms with Crippen molar-refractivity contribution in [1.29, 1.82) is 0 Å². The van der Waals surface area contributed by atoms with E-state index in [0.717, 1.165) is 25.7 Å². The van der Waals surface area contributed by atoms with Crippen LogP contribution in [0.1, 0.15) is 51.4 Å². The molecule has 0 N–H and O–H groups in total. The highest BCUT2D eigenvalue weighted by atomic mass is 16.5. The zero-order valence-electron chi connectivity index (χ0n) is 11.6. The molecule has 4 heteroatoms. The molecule has 4 nitrogen and oxygen atoms in total. The molecule has 1 saturated carbocycles. The summed E-state index contributed by atoms with van der Waals surface area (Å²) in [6.45, 7) is 0. The van der Waals surface area contributed by atoms with Gasteiger partial charge in [-0.25, -0.2) is 4.79 Å². The molecule has 0 aromatic carbocycles. The number of rotatable bonds is 2. The van der Waals surface area contributed by atoms with Gasteiger partial charge in [-0.3, -0.25) is 4.79 Å².